The maximum Gasteiger partial charge on any atom is 0.234 e. The first-order valence-corrected chi connectivity index (χ1v) is 13.0. The van der Waals surface area contributed by atoms with Gasteiger partial charge in [-0.05, 0) is 48.5 Å². The number of hydrogen-bond donors (Lipinski definition) is 1. The van der Waals surface area contributed by atoms with Gasteiger partial charge in [0.25, 0.3) is 0 Å². The van der Waals surface area contributed by atoms with E-state index < -0.39 is 11.6 Å². The second kappa shape index (κ2) is 9.13. The number of fused-ring (bicyclic) bond motifs is 3. The van der Waals surface area contributed by atoms with E-state index >= 15 is 0 Å². The Morgan fingerprint density at radius 2 is 0.857 bits per heavy atom. The molecule has 3 aromatic heterocycles. The molecule has 0 saturated carbocycles. The highest BCUT2D eigenvalue weighted by Gasteiger charge is 2.41. The Kier molecular flexibility index (Phi) is 5.12. The lowest BCUT2D eigenvalue weighted by molar-refractivity contribution is -0.113. The number of ketones is 2. The Bertz CT molecular complexity index is 2270. The van der Waals surface area contributed by atoms with Crippen molar-refractivity contribution in [2.24, 2.45) is 0 Å². The van der Waals surface area contributed by atoms with Crippen molar-refractivity contribution >= 4 is 67.4 Å². The molecule has 0 radical (unpaired) electrons. The monoisotopic (exact) mass is 550 g/mol. The summed E-state index contributed by atoms with van der Waals surface area (Å²) in [6.45, 7) is 0. The fourth-order valence-electron chi connectivity index (χ4n) is 5.15. The first-order valence-electron chi connectivity index (χ1n) is 13.0. The standard InChI is InChI=1S/C30H18N10O2/c41-29-25(31-18-10-2-1-3-11-18)26(38-22-15-7-4-12-19(22)32-35-38)30(42)28(40-24-17-9-6-14-21(24)34-37-40)27(29)39-23-16-8-5-13-20(23)33-36-39/h1-17,31H. The third-order valence-corrected chi connectivity index (χ3v) is 7.07. The van der Waals surface area contributed by atoms with Crippen LogP contribution in [0.15, 0.2) is 109 Å². The van der Waals surface area contributed by atoms with Gasteiger partial charge in [0.05, 0.1) is 16.6 Å². The smallest absolute Gasteiger partial charge is 0.234 e. The summed E-state index contributed by atoms with van der Waals surface area (Å²) in [5.41, 5.74) is 3.83. The molecular weight excluding hydrogens is 532 g/mol. The molecule has 8 rings (SSSR count). The number of aromatic nitrogens is 9. The Labute approximate surface area is 236 Å². The molecule has 0 spiro atoms. The Morgan fingerprint density at radius 3 is 1.36 bits per heavy atom. The van der Waals surface area contributed by atoms with Crippen LogP contribution in [-0.2, 0) is 9.59 Å². The number of hydrogen-bond acceptors (Lipinski definition) is 9. The first kappa shape index (κ1) is 23.6. The van der Waals surface area contributed by atoms with Crippen molar-refractivity contribution in [3.8, 4) is 0 Å². The molecule has 1 aliphatic rings. The van der Waals surface area contributed by atoms with Crippen LogP contribution in [0.3, 0.4) is 0 Å². The van der Waals surface area contributed by atoms with Gasteiger partial charge in [0.2, 0.25) is 11.6 Å². The van der Waals surface area contributed by atoms with Crippen molar-refractivity contribution in [1.29, 1.82) is 0 Å². The number of carbonyl (C=O) groups excluding carboxylic acids is 2. The SMILES string of the molecule is O=C1C(Nc2ccccc2)=C(n2nnc3ccccc32)C(=O)C(n2nnc3ccccc32)=C1n1nnc2ccccc21. The molecule has 0 aliphatic heterocycles. The fraction of sp³-hybridized carbons (Fsp3) is 0. The number of para-hydroxylation sites is 4. The van der Waals surface area contributed by atoms with Crippen molar-refractivity contribution in [3.63, 3.8) is 0 Å². The number of nitrogens with zero attached hydrogens (tertiary/aromatic N) is 9. The van der Waals surface area contributed by atoms with Gasteiger partial charge in [0.1, 0.15) is 39.3 Å². The molecule has 0 fully saturated rings. The highest BCUT2D eigenvalue weighted by atomic mass is 16.1. The van der Waals surface area contributed by atoms with Crippen molar-refractivity contribution in [2.45, 2.75) is 0 Å². The average molecular weight is 551 g/mol. The summed E-state index contributed by atoms with van der Waals surface area (Å²) >= 11 is 0. The maximum atomic E-state index is 14.9. The van der Waals surface area contributed by atoms with Crippen LogP contribution < -0.4 is 5.32 Å². The molecule has 7 aromatic rings. The highest BCUT2D eigenvalue weighted by Crippen LogP contribution is 2.36. The Morgan fingerprint density at radius 1 is 0.452 bits per heavy atom. The minimum absolute atomic E-state index is 0.00426. The molecule has 3 heterocycles. The molecule has 4 aromatic carbocycles. The topological polar surface area (TPSA) is 138 Å². The minimum atomic E-state index is -0.533. The molecule has 12 heteroatoms. The van der Waals surface area contributed by atoms with Crippen LogP contribution >= 0.6 is 0 Å². The predicted molar refractivity (Wildman–Crippen MR) is 155 cm³/mol. The molecule has 12 nitrogen and oxygen atoms in total. The second-order valence-electron chi connectivity index (χ2n) is 9.54. The summed E-state index contributed by atoms with van der Waals surface area (Å²) < 4.78 is 4.14. The molecule has 0 amide bonds. The normalized spacial score (nSPS) is 14.1. The summed E-state index contributed by atoms with van der Waals surface area (Å²) in [6, 6.07) is 30.7. The summed E-state index contributed by atoms with van der Waals surface area (Å²) in [6.07, 6.45) is 0. The van der Waals surface area contributed by atoms with Gasteiger partial charge in [-0.3, -0.25) is 9.59 Å². The van der Waals surface area contributed by atoms with Crippen LogP contribution in [0.5, 0.6) is 0 Å². The molecule has 0 unspecified atom stereocenters. The lowest BCUT2D eigenvalue weighted by Crippen LogP contribution is -2.33. The van der Waals surface area contributed by atoms with Crippen LogP contribution in [0.4, 0.5) is 5.69 Å². The van der Waals surface area contributed by atoms with Crippen LogP contribution in [-0.4, -0.2) is 56.5 Å². The third-order valence-electron chi connectivity index (χ3n) is 7.07. The lowest BCUT2D eigenvalue weighted by atomic mass is 9.98. The summed E-state index contributed by atoms with van der Waals surface area (Å²) in [7, 11) is 0. The van der Waals surface area contributed by atoms with E-state index in [1.165, 1.54) is 14.0 Å². The quantitative estimate of drug-likeness (QED) is 0.316. The van der Waals surface area contributed by atoms with Crippen molar-refractivity contribution in [1.82, 2.24) is 45.0 Å². The van der Waals surface area contributed by atoms with Crippen LogP contribution in [0, 0.1) is 0 Å². The van der Waals surface area contributed by atoms with Gasteiger partial charge in [-0.1, -0.05) is 70.2 Å². The molecule has 1 aliphatic carbocycles. The number of carbonyl (C=O) groups is 2. The van der Waals surface area contributed by atoms with Crippen LogP contribution in [0.25, 0.3) is 50.2 Å². The van der Waals surface area contributed by atoms with E-state index in [2.05, 4.69) is 36.3 Å². The molecule has 0 atom stereocenters. The van der Waals surface area contributed by atoms with Gasteiger partial charge < -0.3 is 5.32 Å². The van der Waals surface area contributed by atoms with Gasteiger partial charge in [-0.2, -0.15) is 0 Å². The van der Waals surface area contributed by atoms with Gasteiger partial charge in [0.15, 0.2) is 0 Å². The van der Waals surface area contributed by atoms with Crippen LogP contribution in [0.2, 0.25) is 0 Å². The van der Waals surface area contributed by atoms with Gasteiger partial charge in [-0.25, -0.2) is 14.0 Å². The number of allylic oxidation sites excluding steroid dienone is 3. The number of benzene rings is 4. The van der Waals surface area contributed by atoms with Gasteiger partial charge in [-0.15, -0.1) is 15.3 Å². The molecular formula is C30H18N10O2. The zero-order valence-corrected chi connectivity index (χ0v) is 21.7. The zero-order valence-electron chi connectivity index (χ0n) is 21.7. The van der Waals surface area contributed by atoms with Crippen molar-refractivity contribution in [2.75, 3.05) is 5.32 Å². The molecule has 42 heavy (non-hydrogen) atoms. The van der Waals surface area contributed by atoms with E-state index in [-0.39, 0.29) is 22.8 Å². The largest absolute Gasteiger partial charge is 0.350 e. The van der Waals surface area contributed by atoms with Crippen molar-refractivity contribution < 1.29 is 9.59 Å². The van der Waals surface area contributed by atoms with E-state index in [9.17, 15) is 9.59 Å². The molecule has 1 N–H and O–H groups in total. The van der Waals surface area contributed by atoms with E-state index in [1.807, 2.05) is 54.6 Å². The summed E-state index contributed by atoms with van der Waals surface area (Å²) in [5.74, 6) is -1.05. The van der Waals surface area contributed by atoms with Gasteiger partial charge >= 0.3 is 0 Å². The fourth-order valence-corrected chi connectivity index (χ4v) is 5.15. The Balaban J connectivity index is 1.46. The van der Waals surface area contributed by atoms with E-state index in [0.717, 1.165) is 0 Å². The number of anilines is 1. The maximum absolute atomic E-state index is 14.9. The molecule has 0 bridgehead atoms. The average Bonchev–Trinajstić information content (AvgIpc) is 3.77. The lowest BCUT2D eigenvalue weighted by Gasteiger charge is -2.24. The van der Waals surface area contributed by atoms with E-state index in [4.69, 9.17) is 0 Å². The van der Waals surface area contributed by atoms with Crippen LogP contribution in [0.1, 0.15) is 0 Å². The van der Waals surface area contributed by atoms with Gasteiger partial charge in [0, 0.05) is 5.69 Å². The number of rotatable bonds is 5. The minimum Gasteiger partial charge on any atom is -0.350 e. The molecule has 0 saturated heterocycles. The second-order valence-corrected chi connectivity index (χ2v) is 9.54. The Hall–Kier alpha value is -6.30. The third kappa shape index (κ3) is 3.48. The number of Topliss-reactive ketones (excluding diaryl/α,β-unsaturated/α-hetero) is 2. The predicted octanol–water partition coefficient (Wildman–Crippen LogP) is 3.88. The molecule has 200 valence electrons. The zero-order chi connectivity index (χ0) is 28.2. The van der Waals surface area contributed by atoms with Crippen molar-refractivity contribution in [3.05, 3.63) is 109 Å². The summed E-state index contributed by atoms with van der Waals surface area (Å²) in [5, 5.41) is 28.9. The first-order chi connectivity index (χ1) is 20.7. The van der Waals surface area contributed by atoms with E-state index in [0.29, 0.717) is 38.8 Å². The summed E-state index contributed by atoms with van der Waals surface area (Å²) in [4.78, 5) is 29.6. The van der Waals surface area contributed by atoms with E-state index in [1.54, 1.807) is 48.5 Å². The number of nitrogens with one attached hydrogen (secondary N) is 1. The highest BCUT2D eigenvalue weighted by molar-refractivity contribution is 6.54.